The van der Waals surface area contributed by atoms with Gasteiger partial charge in [-0.1, -0.05) is 6.92 Å². The molecule has 6 heteroatoms. The Morgan fingerprint density at radius 1 is 1.30 bits per heavy atom. The van der Waals surface area contributed by atoms with Crippen LogP contribution in [0.5, 0.6) is 0 Å². The number of methoxy groups -OCH3 is 1. The van der Waals surface area contributed by atoms with Crippen LogP contribution in [0.15, 0.2) is 0 Å². The van der Waals surface area contributed by atoms with Gasteiger partial charge in [-0.2, -0.15) is 0 Å². The molecule has 2 aliphatic rings. The molecule has 20 heavy (non-hydrogen) atoms. The van der Waals surface area contributed by atoms with E-state index in [2.05, 4.69) is 5.32 Å². The fourth-order valence-electron chi connectivity index (χ4n) is 2.97. The van der Waals surface area contributed by atoms with E-state index in [0.717, 1.165) is 32.6 Å². The number of rotatable bonds is 4. The topological polar surface area (TPSA) is 67.9 Å². The summed E-state index contributed by atoms with van der Waals surface area (Å²) >= 11 is 0. The molecule has 2 aliphatic heterocycles. The number of nitrogens with zero attached hydrogens (tertiary/aromatic N) is 1. The van der Waals surface area contributed by atoms with Crippen molar-refractivity contribution in [3.8, 4) is 0 Å². The molecule has 0 spiro atoms. The molecule has 0 bridgehead atoms. The van der Waals surface area contributed by atoms with Crippen LogP contribution in [0.3, 0.4) is 0 Å². The highest BCUT2D eigenvalue weighted by Crippen LogP contribution is 2.23. The van der Waals surface area contributed by atoms with Crippen molar-refractivity contribution in [2.45, 2.75) is 25.8 Å². The van der Waals surface area contributed by atoms with Gasteiger partial charge in [0.15, 0.2) is 0 Å². The fourth-order valence-corrected chi connectivity index (χ4v) is 2.97. The van der Waals surface area contributed by atoms with Crippen molar-refractivity contribution in [1.29, 1.82) is 0 Å². The van der Waals surface area contributed by atoms with E-state index in [4.69, 9.17) is 9.47 Å². The molecule has 1 N–H and O–H groups in total. The third-order valence-corrected chi connectivity index (χ3v) is 4.15. The van der Waals surface area contributed by atoms with Crippen LogP contribution in [0.4, 0.5) is 0 Å². The fraction of sp³-hybridized carbons (Fsp3) is 0.857. The van der Waals surface area contributed by atoms with Crippen molar-refractivity contribution in [3.63, 3.8) is 0 Å². The Morgan fingerprint density at radius 3 is 2.65 bits per heavy atom. The van der Waals surface area contributed by atoms with Crippen LogP contribution in [-0.2, 0) is 19.1 Å². The monoisotopic (exact) mass is 284 g/mol. The van der Waals surface area contributed by atoms with Gasteiger partial charge in [0.1, 0.15) is 0 Å². The van der Waals surface area contributed by atoms with Crippen LogP contribution in [0.1, 0.15) is 19.8 Å². The van der Waals surface area contributed by atoms with E-state index in [1.165, 1.54) is 7.11 Å². The van der Waals surface area contributed by atoms with Gasteiger partial charge in [0.25, 0.3) is 0 Å². The molecular formula is C14H24N2O4. The Hall–Kier alpha value is -1.14. The van der Waals surface area contributed by atoms with Crippen LogP contribution in [0, 0.1) is 11.8 Å². The number of amides is 1. The summed E-state index contributed by atoms with van der Waals surface area (Å²) in [4.78, 5) is 25.6. The summed E-state index contributed by atoms with van der Waals surface area (Å²) in [7, 11) is 1.41. The van der Waals surface area contributed by atoms with E-state index < -0.39 is 0 Å². The number of hydrogen-bond donors (Lipinski definition) is 1. The van der Waals surface area contributed by atoms with Crippen LogP contribution in [0.2, 0.25) is 0 Å². The highest BCUT2D eigenvalue weighted by atomic mass is 16.5. The molecule has 0 saturated carbocycles. The summed E-state index contributed by atoms with van der Waals surface area (Å²) in [6, 6.07) is 0.229. The number of hydrogen-bond acceptors (Lipinski definition) is 5. The van der Waals surface area contributed by atoms with Crippen molar-refractivity contribution in [1.82, 2.24) is 10.2 Å². The SMILES string of the molecule is COC(=O)C1CN(CC(=O)NC2CCOCC2)CC1C. The highest BCUT2D eigenvalue weighted by Gasteiger charge is 2.36. The van der Waals surface area contributed by atoms with Gasteiger partial charge >= 0.3 is 5.97 Å². The molecule has 2 saturated heterocycles. The summed E-state index contributed by atoms with van der Waals surface area (Å²) in [5.74, 6) is -0.0198. The second-order valence-corrected chi connectivity index (χ2v) is 5.76. The maximum absolute atomic E-state index is 12.0. The zero-order valence-electron chi connectivity index (χ0n) is 12.3. The van der Waals surface area contributed by atoms with Gasteiger partial charge in [0.05, 0.1) is 19.6 Å². The third-order valence-electron chi connectivity index (χ3n) is 4.15. The minimum absolute atomic E-state index is 0.0367. The molecule has 2 heterocycles. The largest absolute Gasteiger partial charge is 0.469 e. The van der Waals surface area contributed by atoms with Crippen molar-refractivity contribution >= 4 is 11.9 Å². The maximum Gasteiger partial charge on any atom is 0.310 e. The highest BCUT2D eigenvalue weighted by molar-refractivity contribution is 5.79. The maximum atomic E-state index is 12.0. The van der Waals surface area contributed by atoms with Crippen molar-refractivity contribution < 1.29 is 19.1 Å². The number of carbonyl (C=O) groups is 2. The smallest absolute Gasteiger partial charge is 0.310 e. The summed E-state index contributed by atoms with van der Waals surface area (Å²) in [6.45, 7) is 5.19. The lowest BCUT2D eigenvalue weighted by Crippen LogP contribution is -2.44. The van der Waals surface area contributed by atoms with Gasteiger partial charge in [-0.3, -0.25) is 14.5 Å². The average molecular weight is 284 g/mol. The quantitative estimate of drug-likeness (QED) is 0.737. The van der Waals surface area contributed by atoms with Crippen LogP contribution in [0.25, 0.3) is 0 Å². The predicted molar refractivity (Wildman–Crippen MR) is 73.1 cm³/mol. The molecule has 0 aliphatic carbocycles. The number of likely N-dealkylation sites (tertiary alicyclic amines) is 1. The van der Waals surface area contributed by atoms with E-state index in [1.807, 2.05) is 11.8 Å². The minimum Gasteiger partial charge on any atom is -0.469 e. The molecule has 2 atom stereocenters. The van der Waals surface area contributed by atoms with E-state index in [1.54, 1.807) is 0 Å². The van der Waals surface area contributed by atoms with Crippen molar-refractivity contribution in [2.24, 2.45) is 11.8 Å². The summed E-state index contributed by atoms with van der Waals surface area (Å²) in [6.07, 6.45) is 1.76. The zero-order valence-corrected chi connectivity index (χ0v) is 12.3. The van der Waals surface area contributed by atoms with Crippen molar-refractivity contribution in [2.75, 3.05) is 40.0 Å². The first-order valence-corrected chi connectivity index (χ1v) is 7.27. The second kappa shape index (κ2) is 7.04. The molecule has 0 radical (unpaired) electrons. The summed E-state index contributed by atoms with van der Waals surface area (Å²) < 4.78 is 10.1. The molecule has 0 aromatic rings. The van der Waals surface area contributed by atoms with Gasteiger partial charge in [0.2, 0.25) is 5.91 Å². The Labute approximate surface area is 119 Å². The molecular weight excluding hydrogens is 260 g/mol. The molecule has 6 nitrogen and oxygen atoms in total. The van der Waals surface area contributed by atoms with E-state index in [0.29, 0.717) is 13.1 Å². The van der Waals surface area contributed by atoms with Gasteiger partial charge in [-0.15, -0.1) is 0 Å². The number of ether oxygens (including phenoxy) is 2. The van der Waals surface area contributed by atoms with E-state index in [9.17, 15) is 9.59 Å². The number of nitrogens with one attached hydrogen (secondary N) is 1. The summed E-state index contributed by atoms with van der Waals surface area (Å²) in [5, 5.41) is 3.04. The first kappa shape index (κ1) is 15.3. The minimum atomic E-state index is -0.176. The average Bonchev–Trinajstić information content (AvgIpc) is 2.79. The molecule has 1 amide bonds. The first-order valence-electron chi connectivity index (χ1n) is 7.27. The van der Waals surface area contributed by atoms with Gasteiger partial charge in [0, 0.05) is 32.3 Å². The van der Waals surface area contributed by atoms with Crippen molar-refractivity contribution in [3.05, 3.63) is 0 Å². The van der Waals surface area contributed by atoms with Crippen LogP contribution >= 0.6 is 0 Å². The first-order chi connectivity index (χ1) is 9.60. The normalized spacial score (nSPS) is 28.3. The Kier molecular flexibility index (Phi) is 5.37. The third kappa shape index (κ3) is 3.93. The second-order valence-electron chi connectivity index (χ2n) is 5.76. The predicted octanol–water partition coefficient (Wildman–Crippen LogP) is 0.0225. The van der Waals surface area contributed by atoms with Gasteiger partial charge < -0.3 is 14.8 Å². The lowest BCUT2D eigenvalue weighted by Gasteiger charge is -2.24. The van der Waals surface area contributed by atoms with Gasteiger partial charge in [-0.25, -0.2) is 0 Å². The molecule has 2 rings (SSSR count). The van der Waals surface area contributed by atoms with Crippen LogP contribution < -0.4 is 5.32 Å². The van der Waals surface area contributed by atoms with Gasteiger partial charge in [-0.05, 0) is 18.8 Å². The van der Waals surface area contributed by atoms with E-state index >= 15 is 0 Å². The molecule has 2 fully saturated rings. The number of esters is 1. The Morgan fingerprint density at radius 2 is 2.00 bits per heavy atom. The Bertz CT molecular complexity index is 355. The number of carbonyl (C=O) groups excluding carboxylic acids is 2. The molecule has 2 unspecified atom stereocenters. The summed E-state index contributed by atoms with van der Waals surface area (Å²) in [5.41, 5.74) is 0. The van der Waals surface area contributed by atoms with Crippen LogP contribution in [-0.4, -0.2) is 62.8 Å². The van der Waals surface area contributed by atoms with E-state index in [-0.39, 0.29) is 29.8 Å². The standard InChI is InChI=1S/C14H24N2O4/c1-10-7-16(8-12(10)14(18)19-2)9-13(17)15-11-3-5-20-6-4-11/h10-12H,3-9H2,1-2H3,(H,15,17). The lowest BCUT2D eigenvalue weighted by atomic mass is 9.99. The molecule has 0 aromatic carbocycles. The Balaban J connectivity index is 1.76. The zero-order chi connectivity index (χ0) is 14.5. The lowest BCUT2D eigenvalue weighted by molar-refractivity contribution is -0.146. The molecule has 114 valence electrons. The molecule has 0 aromatic heterocycles.